The number of carboxylic acids is 1. The molecule has 0 bridgehead atoms. The standard InChI is InChI=1S/C23H32N2O5.C21H32N2O4.C19H31NO5.C16H23IO2.C7H10N2O3.ClH/c1-5-7-8-9-16-30-21-14-11-19(12-15-21)10-13-20(27)17-23(24-4,25-18(3)26)22(28)29-6-2;1-4-5-6-7-14-27-20-12-9-18(10-13-20)8-11-19(26)15-21(16-24,22-3)23-17(2)25;1-2-3-4-5-12-25-17-10-7-15(8-11-17)6-9-16(22)13-19(20,14-21)18(23)24;1-2-3-4-5-12-19-16-10-7-14(8-11-16)6-9-15(18)13-17;1-4-12-7(11)6(8-3)9-5(2)10;/h11-12,14-15H,5-10,13,16-17H2,1-3H3,(H,25,26);9-10,12-13,19,24,26H,4-8,11,14-16H2,1-2H3,(H,23,25);7-8,10-11,16,21-22H,2-6,9,12-14,20H2,1H3,(H,23,24);7-8,10-11H,2-6,9,12-13H2,1H3;6H,4H2,1-2H3,(H,9,10);1H. The first-order valence-electron chi connectivity index (χ1n) is 39.5. The smallest absolute Gasteiger partial charge is 0.417 e. The van der Waals surface area contributed by atoms with Gasteiger partial charge >= 0.3 is 35.4 Å². The van der Waals surface area contributed by atoms with Crippen LogP contribution in [-0.2, 0) is 73.5 Å². The summed E-state index contributed by atoms with van der Waals surface area (Å²) in [7, 11) is 0. The number of nitrogens with zero attached hydrogens (tertiary/aromatic N) is 3. The van der Waals surface area contributed by atoms with E-state index in [-0.39, 0.29) is 50.7 Å². The minimum Gasteiger partial charge on any atom is -1.00 e. The van der Waals surface area contributed by atoms with Crippen LogP contribution in [0.4, 0.5) is 0 Å². The van der Waals surface area contributed by atoms with Crippen molar-refractivity contribution in [2.24, 2.45) is 0 Å². The molecular weight excluding hydrogens is 1600 g/mol. The molecule has 26 nitrogen and oxygen atoms in total. The van der Waals surface area contributed by atoms with E-state index in [0.717, 1.165) is 98.0 Å². The van der Waals surface area contributed by atoms with Crippen molar-refractivity contribution in [3.8, 4) is 23.0 Å². The van der Waals surface area contributed by atoms with Crippen LogP contribution < -0.4 is 53.0 Å². The molecule has 28 heteroatoms. The third kappa shape index (κ3) is 50.7. The number of aliphatic carboxylic acids is 1. The van der Waals surface area contributed by atoms with E-state index in [9.17, 15) is 58.8 Å². The maximum Gasteiger partial charge on any atom is 0.417 e. The molecular formula is C86H129ClIN7O19. The zero-order valence-electron chi connectivity index (χ0n) is 68.7. The second-order valence-corrected chi connectivity index (χ2v) is 28.2. The summed E-state index contributed by atoms with van der Waals surface area (Å²) in [5, 5.41) is 54.8. The number of hydrogen-bond acceptors (Lipinski definition) is 18. The fourth-order valence-electron chi connectivity index (χ4n) is 10.8. The number of aliphatic hydroxyl groups is 4. The van der Waals surface area contributed by atoms with Crippen molar-refractivity contribution in [1.82, 2.24) is 16.0 Å². The molecule has 0 aliphatic rings. The van der Waals surface area contributed by atoms with E-state index in [0.29, 0.717) is 55.3 Å². The molecule has 0 aliphatic heterocycles. The Labute approximate surface area is 696 Å². The maximum absolute atomic E-state index is 12.4. The van der Waals surface area contributed by atoms with Crippen LogP contribution in [0.1, 0.15) is 232 Å². The number of Topliss-reactive ketones (excluding diaryl/α,β-unsaturated/α-hetero) is 2. The van der Waals surface area contributed by atoms with Crippen LogP contribution in [0, 0.1) is 19.7 Å². The van der Waals surface area contributed by atoms with E-state index in [4.69, 9.17) is 48.5 Å². The lowest BCUT2D eigenvalue weighted by Gasteiger charge is -2.23. The molecule has 0 saturated carbocycles. The first-order valence-corrected chi connectivity index (χ1v) is 41.1. The lowest BCUT2D eigenvalue weighted by Crippen LogP contribution is -3.00. The summed E-state index contributed by atoms with van der Waals surface area (Å²) < 4.78 is 32.8. The lowest BCUT2D eigenvalue weighted by atomic mass is 9.91. The van der Waals surface area contributed by atoms with Crippen LogP contribution in [0.25, 0.3) is 14.5 Å². The number of carboxylic acid groups (broad SMARTS) is 1. The predicted molar refractivity (Wildman–Crippen MR) is 444 cm³/mol. The number of aliphatic hydroxyl groups excluding tert-OH is 4. The Bertz CT molecular complexity index is 3450. The van der Waals surface area contributed by atoms with Crippen LogP contribution in [0.2, 0.25) is 0 Å². The molecule has 11 N–H and O–H groups in total. The number of alkyl halides is 1. The number of nitrogens with one attached hydrogen (secondary N) is 3. The fraction of sp³-hybridized carbons (Fsp3) is 0.593. The van der Waals surface area contributed by atoms with Gasteiger partial charge in [0, 0.05) is 40.0 Å². The van der Waals surface area contributed by atoms with Gasteiger partial charge in [-0.15, -0.1) is 0 Å². The summed E-state index contributed by atoms with van der Waals surface area (Å²) in [6, 6.07) is 31.2. The molecule has 6 unspecified atom stereocenters. The van der Waals surface area contributed by atoms with Crippen LogP contribution in [0.15, 0.2) is 97.1 Å². The van der Waals surface area contributed by atoms with Gasteiger partial charge in [-0.1, -0.05) is 176 Å². The van der Waals surface area contributed by atoms with E-state index in [1.165, 1.54) is 97.0 Å². The Balaban J connectivity index is 0. The molecule has 0 spiro atoms. The average Bonchev–Trinajstić information content (AvgIpc) is 0.826. The Morgan fingerprint density at radius 2 is 0.842 bits per heavy atom. The summed E-state index contributed by atoms with van der Waals surface area (Å²) in [4.78, 5) is 100. The fourth-order valence-corrected chi connectivity index (χ4v) is 11.2. The molecule has 4 rings (SSSR count). The maximum atomic E-state index is 12.4. The van der Waals surface area contributed by atoms with E-state index in [1.807, 2.05) is 84.9 Å². The Morgan fingerprint density at radius 3 is 1.13 bits per heavy atom. The van der Waals surface area contributed by atoms with Crippen molar-refractivity contribution in [3.63, 3.8) is 0 Å². The second-order valence-electron chi connectivity index (χ2n) is 27.5. The minimum absolute atomic E-state index is 0. The van der Waals surface area contributed by atoms with E-state index < -0.39 is 90.5 Å². The van der Waals surface area contributed by atoms with Gasteiger partial charge < -0.3 is 72.1 Å². The topological polar surface area (TPSA) is 370 Å². The zero-order chi connectivity index (χ0) is 84.7. The van der Waals surface area contributed by atoms with Crippen LogP contribution in [0.5, 0.6) is 23.0 Å². The number of carbonyl (C=O) groups excluding carboxylic acids is 7. The van der Waals surface area contributed by atoms with Crippen molar-refractivity contribution in [2.75, 3.05) is 57.3 Å². The van der Waals surface area contributed by atoms with E-state index in [2.05, 4.69) is 103 Å². The summed E-state index contributed by atoms with van der Waals surface area (Å²) in [6.07, 6.45) is 19.7. The highest BCUT2D eigenvalue weighted by Gasteiger charge is 2.50. The van der Waals surface area contributed by atoms with Gasteiger partial charge in [-0.25, -0.2) is 34.1 Å². The average molecular weight is 1730 g/mol. The number of aryl methyl sites for hydroxylation is 4. The number of halogens is 2. The summed E-state index contributed by atoms with van der Waals surface area (Å²) in [5.74, 6) is -0.819. The Kier molecular flexibility index (Phi) is 62.1. The van der Waals surface area contributed by atoms with Gasteiger partial charge in [-0.3, -0.25) is 54.5 Å². The van der Waals surface area contributed by atoms with Gasteiger partial charge in [-0.05, 0) is 149 Å². The third-order valence-electron chi connectivity index (χ3n) is 17.3. The molecule has 114 heavy (non-hydrogen) atoms. The molecule has 0 aromatic heterocycles. The van der Waals surface area contributed by atoms with Crippen LogP contribution in [-0.4, -0.2) is 165 Å². The second kappa shape index (κ2) is 65.8. The molecule has 0 fully saturated rings. The number of rotatable bonds is 53. The number of amides is 3. The van der Waals surface area contributed by atoms with Gasteiger partial charge in [0.1, 0.15) is 54.2 Å². The number of quaternary nitrogens is 1. The van der Waals surface area contributed by atoms with Crippen molar-refractivity contribution >= 4 is 69.8 Å². The van der Waals surface area contributed by atoms with Gasteiger partial charge in [0.15, 0.2) is 0 Å². The van der Waals surface area contributed by atoms with Crippen LogP contribution >= 0.6 is 22.6 Å². The van der Waals surface area contributed by atoms with Crippen molar-refractivity contribution in [2.45, 2.75) is 271 Å². The number of hydrogen-bond donors (Lipinski definition) is 9. The number of ketones is 2. The van der Waals surface area contributed by atoms with E-state index in [1.54, 1.807) is 13.8 Å². The summed E-state index contributed by atoms with van der Waals surface area (Å²) in [6.45, 7) is 38.9. The molecule has 6 atom stereocenters. The molecule has 0 heterocycles. The number of benzene rings is 4. The minimum atomic E-state index is -2.01. The van der Waals surface area contributed by atoms with Gasteiger partial charge in [0.05, 0.1) is 62.7 Å². The van der Waals surface area contributed by atoms with Crippen molar-refractivity contribution in [3.05, 3.63) is 154 Å². The monoisotopic (exact) mass is 1730 g/mol. The molecule has 4 aromatic carbocycles. The quantitative estimate of drug-likeness (QED) is 0.00652. The highest BCUT2D eigenvalue weighted by atomic mass is 127. The highest BCUT2D eigenvalue weighted by Crippen LogP contribution is 2.24. The zero-order valence-corrected chi connectivity index (χ0v) is 71.6. The van der Waals surface area contributed by atoms with Crippen molar-refractivity contribution in [1.29, 1.82) is 0 Å². The first-order chi connectivity index (χ1) is 54.1. The largest absolute Gasteiger partial charge is 1.00 e. The van der Waals surface area contributed by atoms with Gasteiger partial charge in [0.2, 0.25) is 23.3 Å². The number of unbranched alkanes of at least 4 members (excludes halogenated alkanes) is 12. The highest BCUT2D eigenvalue weighted by molar-refractivity contribution is 14.1. The normalized spacial score (nSPS) is 12.7. The predicted octanol–water partition coefficient (Wildman–Crippen LogP) is 9.83. The number of esters is 2. The Hall–Kier alpha value is -8.47. The molecule has 0 radical (unpaired) electrons. The first kappa shape index (κ1) is 108. The molecule has 636 valence electrons. The third-order valence-corrected chi connectivity index (χ3v) is 18.1. The number of carbonyl (C=O) groups is 8. The van der Waals surface area contributed by atoms with E-state index >= 15 is 0 Å². The summed E-state index contributed by atoms with van der Waals surface area (Å²) >= 11 is 2.12. The van der Waals surface area contributed by atoms with Crippen LogP contribution in [0.3, 0.4) is 0 Å². The van der Waals surface area contributed by atoms with Gasteiger partial charge in [0.25, 0.3) is 0 Å². The molecule has 0 saturated heterocycles. The number of ether oxygens (including phenoxy) is 6. The SMILES string of the molecule is CCCCCCOc1ccc(CCC(=O)CI)cc1.CCCCCCOc1ccc(CCC(O)CC([NH3+])(CO)C(=O)O)cc1.[C-]#[N+]C(CC(=O)CCc1ccc(OCCCCCC)cc1)(NC(C)=O)C(=O)OCC.[C-]#[N+]C(CO)(CC(O)CCc1ccc(OCCCCCC)cc1)NC(C)=O.[C-]#[N+]C(NC(C)=O)C(=O)OCC.[Cl-]. The Morgan fingerprint density at radius 1 is 0.482 bits per heavy atom. The molecule has 0 aliphatic carbocycles. The van der Waals surface area contributed by atoms with Gasteiger partial charge in [-0.2, -0.15) is 0 Å². The molecule has 4 aromatic rings. The molecule has 3 amide bonds. The van der Waals surface area contributed by atoms with Crippen molar-refractivity contribution < 1.29 is 110 Å². The lowest BCUT2D eigenvalue weighted by molar-refractivity contribution is -0.472. The summed E-state index contributed by atoms with van der Waals surface area (Å²) in [5.41, 5.74) is 2.77.